The predicted octanol–water partition coefficient (Wildman–Crippen LogP) is 2.04. The maximum atomic E-state index is 12.2. The van der Waals surface area contributed by atoms with Gasteiger partial charge in [0.15, 0.2) is 0 Å². The number of alkyl halides is 3. The molecule has 1 fully saturated rings. The van der Waals surface area contributed by atoms with Gasteiger partial charge in [-0.05, 0) is 17.7 Å². The maximum Gasteiger partial charge on any atom is 0.573 e. The number of ether oxygens (including phenoxy) is 2. The third-order valence-electron chi connectivity index (χ3n) is 3.05. The number of morpholine rings is 1. The number of halogens is 3. The van der Waals surface area contributed by atoms with Crippen LogP contribution >= 0.6 is 0 Å². The van der Waals surface area contributed by atoms with E-state index in [1.807, 2.05) is 0 Å². The smallest absolute Gasteiger partial charge is 0.480 e. The van der Waals surface area contributed by atoms with E-state index in [-0.39, 0.29) is 5.56 Å². The average molecular weight is 305 g/mol. The largest absolute Gasteiger partial charge is 0.573 e. The number of hydrogen-bond donors (Lipinski definition) is 1. The van der Waals surface area contributed by atoms with E-state index in [0.29, 0.717) is 26.3 Å². The summed E-state index contributed by atoms with van der Waals surface area (Å²) in [6.45, 7) is 1.59. The molecule has 0 radical (unpaired) electrons. The minimum atomic E-state index is -4.81. The van der Waals surface area contributed by atoms with Gasteiger partial charge in [0.2, 0.25) is 0 Å². The average Bonchev–Trinajstić information content (AvgIpc) is 2.38. The zero-order valence-corrected chi connectivity index (χ0v) is 11.0. The number of carboxylic acids is 1. The number of rotatable bonds is 4. The minimum Gasteiger partial charge on any atom is -0.480 e. The van der Waals surface area contributed by atoms with Crippen molar-refractivity contribution in [2.24, 2.45) is 0 Å². The van der Waals surface area contributed by atoms with Crippen LogP contribution in [-0.4, -0.2) is 48.6 Å². The van der Waals surface area contributed by atoms with E-state index in [1.165, 1.54) is 12.1 Å². The molecular formula is C13H14F3NO4. The first-order valence-corrected chi connectivity index (χ1v) is 6.27. The summed E-state index contributed by atoms with van der Waals surface area (Å²) in [5.74, 6) is -1.56. The third-order valence-corrected chi connectivity index (χ3v) is 3.05. The summed E-state index contributed by atoms with van der Waals surface area (Å²) in [6, 6.07) is 4.02. The highest BCUT2D eigenvalue weighted by Gasteiger charge is 2.33. The molecule has 0 saturated carbocycles. The fourth-order valence-electron chi connectivity index (χ4n) is 2.23. The molecule has 1 heterocycles. The van der Waals surface area contributed by atoms with Gasteiger partial charge in [0.1, 0.15) is 11.8 Å². The first kappa shape index (κ1) is 15.6. The Kier molecular flexibility index (Phi) is 4.69. The van der Waals surface area contributed by atoms with E-state index in [1.54, 1.807) is 4.90 Å². The molecule has 0 amide bonds. The second-order valence-corrected chi connectivity index (χ2v) is 4.51. The van der Waals surface area contributed by atoms with Crippen molar-refractivity contribution < 1.29 is 32.5 Å². The normalized spacial score (nSPS) is 18.2. The third kappa shape index (κ3) is 4.33. The van der Waals surface area contributed by atoms with Crippen molar-refractivity contribution in [1.82, 2.24) is 4.90 Å². The molecule has 21 heavy (non-hydrogen) atoms. The summed E-state index contributed by atoms with van der Waals surface area (Å²) in [5.41, 5.74) is 0.242. The van der Waals surface area contributed by atoms with Crippen molar-refractivity contribution in [3.63, 3.8) is 0 Å². The summed E-state index contributed by atoms with van der Waals surface area (Å²) in [7, 11) is 0. The summed E-state index contributed by atoms with van der Waals surface area (Å²) in [6.07, 6.45) is -4.81. The molecule has 1 aliphatic heterocycles. The zero-order valence-electron chi connectivity index (χ0n) is 11.0. The van der Waals surface area contributed by atoms with Crippen molar-refractivity contribution in [3.05, 3.63) is 29.8 Å². The molecule has 1 unspecified atom stereocenters. The first-order valence-electron chi connectivity index (χ1n) is 6.27. The molecule has 5 nitrogen and oxygen atoms in total. The molecule has 0 spiro atoms. The quantitative estimate of drug-likeness (QED) is 0.922. The van der Waals surface area contributed by atoms with Crippen molar-refractivity contribution in [2.45, 2.75) is 12.4 Å². The van der Waals surface area contributed by atoms with Gasteiger partial charge in [-0.25, -0.2) is 0 Å². The van der Waals surface area contributed by atoms with Gasteiger partial charge in [-0.15, -0.1) is 13.2 Å². The van der Waals surface area contributed by atoms with Crippen LogP contribution in [0.5, 0.6) is 5.75 Å². The van der Waals surface area contributed by atoms with Gasteiger partial charge in [0.25, 0.3) is 0 Å². The molecule has 116 valence electrons. The highest BCUT2D eigenvalue weighted by atomic mass is 19.4. The zero-order chi connectivity index (χ0) is 15.5. The minimum absolute atomic E-state index is 0.242. The van der Waals surface area contributed by atoms with Crippen molar-refractivity contribution in [2.75, 3.05) is 26.3 Å². The molecule has 1 aromatic rings. The molecule has 0 aliphatic carbocycles. The molecule has 0 aromatic heterocycles. The standard InChI is InChI=1S/C13H14F3NO4/c14-13(15,16)21-10-3-1-2-9(8-10)11(12(18)19)17-4-6-20-7-5-17/h1-3,8,11H,4-7H2,(H,18,19). The van der Waals surface area contributed by atoms with E-state index in [0.717, 1.165) is 12.1 Å². The van der Waals surface area contributed by atoms with Crippen LogP contribution in [0.3, 0.4) is 0 Å². The van der Waals surface area contributed by atoms with E-state index < -0.39 is 24.1 Å². The Balaban J connectivity index is 2.23. The molecule has 1 aromatic carbocycles. The van der Waals surface area contributed by atoms with E-state index in [2.05, 4.69) is 4.74 Å². The van der Waals surface area contributed by atoms with Gasteiger partial charge in [0, 0.05) is 13.1 Å². The lowest BCUT2D eigenvalue weighted by Gasteiger charge is -2.32. The molecule has 1 saturated heterocycles. The van der Waals surface area contributed by atoms with Crippen molar-refractivity contribution in [3.8, 4) is 5.75 Å². The summed E-state index contributed by atoms with van der Waals surface area (Å²) in [4.78, 5) is 13.1. The second kappa shape index (κ2) is 6.31. The number of hydrogen-bond acceptors (Lipinski definition) is 4. The molecular weight excluding hydrogens is 291 g/mol. The van der Waals surface area contributed by atoms with Crippen LogP contribution in [0.25, 0.3) is 0 Å². The SMILES string of the molecule is O=C(O)C(c1cccc(OC(F)(F)F)c1)N1CCOCC1. The van der Waals surface area contributed by atoms with Crippen LogP contribution < -0.4 is 4.74 Å². The lowest BCUT2D eigenvalue weighted by molar-refractivity contribution is -0.274. The maximum absolute atomic E-state index is 12.2. The van der Waals surface area contributed by atoms with Gasteiger partial charge in [-0.1, -0.05) is 12.1 Å². The van der Waals surface area contributed by atoms with Gasteiger partial charge < -0.3 is 14.6 Å². The molecule has 2 rings (SSSR count). The van der Waals surface area contributed by atoms with E-state index >= 15 is 0 Å². The van der Waals surface area contributed by atoms with Crippen LogP contribution in [0.15, 0.2) is 24.3 Å². The number of benzene rings is 1. The first-order chi connectivity index (χ1) is 9.87. The lowest BCUT2D eigenvalue weighted by atomic mass is 10.0. The van der Waals surface area contributed by atoms with E-state index in [9.17, 15) is 23.1 Å². The Hall–Kier alpha value is -1.80. The van der Waals surface area contributed by atoms with Crippen LogP contribution in [0, 0.1) is 0 Å². The Morgan fingerprint density at radius 1 is 1.33 bits per heavy atom. The van der Waals surface area contributed by atoms with Crippen LogP contribution in [0.1, 0.15) is 11.6 Å². The highest BCUT2D eigenvalue weighted by molar-refractivity contribution is 5.75. The van der Waals surface area contributed by atoms with Crippen molar-refractivity contribution in [1.29, 1.82) is 0 Å². The Morgan fingerprint density at radius 2 is 2.00 bits per heavy atom. The van der Waals surface area contributed by atoms with E-state index in [4.69, 9.17) is 4.74 Å². The fraction of sp³-hybridized carbons (Fsp3) is 0.462. The van der Waals surface area contributed by atoms with Gasteiger partial charge in [-0.3, -0.25) is 9.69 Å². The number of aliphatic carboxylic acids is 1. The Labute approximate surface area is 118 Å². The van der Waals surface area contributed by atoms with Gasteiger partial charge in [0.05, 0.1) is 13.2 Å². The lowest BCUT2D eigenvalue weighted by Crippen LogP contribution is -2.42. The summed E-state index contributed by atoms with van der Waals surface area (Å²) < 4.78 is 45.6. The van der Waals surface area contributed by atoms with Gasteiger partial charge >= 0.3 is 12.3 Å². The molecule has 1 N–H and O–H groups in total. The molecule has 1 atom stereocenters. The van der Waals surface area contributed by atoms with Crippen molar-refractivity contribution >= 4 is 5.97 Å². The van der Waals surface area contributed by atoms with Gasteiger partial charge in [-0.2, -0.15) is 0 Å². The van der Waals surface area contributed by atoms with Crippen LogP contribution in [0.2, 0.25) is 0 Å². The number of carbonyl (C=O) groups is 1. The second-order valence-electron chi connectivity index (χ2n) is 4.51. The van der Waals surface area contributed by atoms with Crippen LogP contribution in [0.4, 0.5) is 13.2 Å². The molecule has 1 aliphatic rings. The fourth-order valence-corrected chi connectivity index (χ4v) is 2.23. The highest BCUT2D eigenvalue weighted by Crippen LogP contribution is 2.28. The van der Waals surface area contributed by atoms with Crippen LogP contribution in [-0.2, 0) is 9.53 Å². The number of carboxylic acid groups (broad SMARTS) is 1. The molecule has 0 bridgehead atoms. The monoisotopic (exact) mass is 305 g/mol. The Morgan fingerprint density at radius 3 is 2.57 bits per heavy atom. The topological polar surface area (TPSA) is 59.0 Å². The predicted molar refractivity (Wildman–Crippen MR) is 65.9 cm³/mol. The summed E-state index contributed by atoms with van der Waals surface area (Å²) in [5, 5.41) is 9.36. The molecule has 8 heteroatoms. The number of nitrogens with zero attached hydrogens (tertiary/aromatic N) is 1. The summed E-state index contributed by atoms with van der Waals surface area (Å²) >= 11 is 0. The Bertz CT molecular complexity index is 500.